The lowest BCUT2D eigenvalue weighted by molar-refractivity contribution is 0.934. The number of nitrogens with zero attached hydrogens (tertiary/aromatic N) is 2. The molecule has 0 fully saturated rings. The third-order valence-electron chi connectivity index (χ3n) is 3.25. The standard InChI is InChI=1S/C16H22N4/c1-4-12-6-8-13(9-7-12)11-18-16-10-15(17-3)19-14(5-2)20-16/h6-10H,4-5,11H2,1-3H3,(H2,17,18,19,20). The van der Waals surface area contributed by atoms with Gasteiger partial charge in [0.2, 0.25) is 0 Å². The maximum absolute atomic E-state index is 4.49. The van der Waals surface area contributed by atoms with Gasteiger partial charge in [0.15, 0.2) is 0 Å². The number of nitrogens with one attached hydrogen (secondary N) is 2. The van der Waals surface area contributed by atoms with E-state index in [1.54, 1.807) is 0 Å². The highest BCUT2D eigenvalue weighted by molar-refractivity contribution is 5.47. The Hall–Kier alpha value is -2.10. The molecule has 2 rings (SSSR count). The first kappa shape index (κ1) is 14.3. The van der Waals surface area contributed by atoms with Gasteiger partial charge in [0.25, 0.3) is 0 Å². The van der Waals surface area contributed by atoms with Crippen molar-refractivity contribution in [2.24, 2.45) is 0 Å². The zero-order valence-electron chi connectivity index (χ0n) is 12.4. The Labute approximate surface area is 120 Å². The van der Waals surface area contributed by atoms with Crippen LogP contribution in [0.2, 0.25) is 0 Å². The van der Waals surface area contributed by atoms with Crippen LogP contribution in [0, 0.1) is 0 Å². The summed E-state index contributed by atoms with van der Waals surface area (Å²) in [6.45, 7) is 5.00. The number of anilines is 2. The second kappa shape index (κ2) is 6.89. The number of aryl methyl sites for hydroxylation is 2. The van der Waals surface area contributed by atoms with Gasteiger partial charge in [0.1, 0.15) is 17.5 Å². The van der Waals surface area contributed by atoms with Crippen molar-refractivity contribution in [1.82, 2.24) is 9.97 Å². The molecule has 4 nitrogen and oxygen atoms in total. The second-order valence-corrected chi connectivity index (χ2v) is 4.68. The van der Waals surface area contributed by atoms with Gasteiger partial charge in [-0.2, -0.15) is 0 Å². The SMILES string of the molecule is CCc1ccc(CNc2cc(NC)nc(CC)n2)cc1. The van der Waals surface area contributed by atoms with E-state index in [1.807, 2.05) is 13.1 Å². The zero-order chi connectivity index (χ0) is 14.4. The number of hydrogen-bond donors (Lipinski definition) is 2. The molecule has 0 unspecified atom stereocenters. The number of benzene rings is 1. The van der Waals surface area contributed by atoms with Crippen molar-refractivity contribution in [3.05, 3.63) is 47.3 Å². The maximum atomic E-state index is 4.49. The summed E-state index contributed by atoms with van der Waals surface area (Å²) in [7, 11) is 1.87. The van der Waals surface area contributed by atoms with Crippen LogP contribution in [0.3, 0.4) is 0 Å². The lowest BCUT2D eigenvalue weighted by Gasteiger charge is -2.09. The highest BCUT2D eigenvalue weighted by atomic mass is 15.1. The van der Waals surface area contributed by atoms with Crippen LogP contribution in [0.5, 0.6) is 0 Å². The Morgan fingerprint density at radius 1 is 0.900 bits per heavy atom. The van der Waals surface area contributed by atoms with Crippen LogP contribution < -0.4 is 10.6 Å². The smallest absolute Gasteiger partial charge is 0.132 e. The number of aromatic nitrogens is 2. The molecule has 0 bridgehead atoms. The molecule has 2 N–H and O–H groups in total. The van der Waals surface area contributed by atoms with Gasteiger partial charge >= 0.3 is 0 Å². The summed E-state index contributed by atoms with van der Waals surface area (Å²) in [5.74, 6) is 2.56. The molecule has 4 heteroatoms. The molecule has 20 heavy (non-hydrogen) atoms. The Bertz CT molecular complexity index is 527. The summed E-state index contributed by atoms with van der Waals surface area (Å²) in [4.78, 5) is 8.87. The fourth-order valence-electron chi connectivity index (χ4n) is 1.96. The Balaban J connectivity index is 2.05. The molecule has 0 aliphatic heterocycles. The minimum Gasteiger partial charge on any atom is -0.373 e. The van der Waals surface area contributed by atoms with Gasteiger partial charge in [-0.25, -0.2) is 9.97 Å². The van der Waals surface area contributed by atoms with E-state index in [0.29, 0.717) is 0 Å². The van der Waals surface area contributed by atoms with E-state index in [2.05, 4.69) is 58.7 Å². The van der Waals surface area contributed by atoms with Crippen LogP contribution in [0.4, 0.5) is 11.6 Å². The molecule has 106 valence electrons. The van der Waals surface area contributed by atoms with Crippen LogP contribution in [0.15, 0.2) is 30.3 Å². The minimum absolute atomic E-state index is 0.771. The molecular formula is C16H22N4. The number of rotatable bonds is 6. The summed E-state index contributed by atoms with van der Waals surface area (Å²) in [5.41, 5.74) is 2.62. The van der Waals surface area contributed by atoms with Crippen LogP contribution >= 0.6 is 0 Å². The highest BCUT2D eigenvalue weighted by Gasteiger charge is 2.02. The highest BCUT2D eigenvalue weighted by Crippen LogP contribution is 2.13. The van der Waals surface area contributed by atoms with E-state index < -0.39 is 0 Å². The monoisotopic (exact) mass is 270 g/mol. The topological polar surface area (TPSA) is 49.8 Å². The Kier molecular flexibility index (Phi) is 4.93. The first-order valence-corrected chi connectivity index (χ1v) is 7.12. The average Bonchev–Trinajstić information content (AvgIpc) is 2.53. The van der Waals surface area contributed by atoms with Crippen LogP contribution in [-0.4, -0.2) is 17.0 Å². The Morgan fingerprint density at radius 3 is 2.15 bits per heavy atom. The predicted octanol–water partition coefficient (Wildman–Crippen LogP) is 3.26. The van der Waals surface area contributed by atoms with E-state index in [4.69, 9.17) is 0 Å². The van der Waals surface area contributed by atoms with E-state index in [9.17, 15) is 0 Å². The first-order valence-electron chi connectivity index (χ1n) is 7.12. The molecule has 2 aromatic rings. The summed E-state index contributed by atoms with van der Waals surface area (Å²) in [6, 6.07) is 10.6. The molecule has 1 heterocycles. The fraction of sp³-hybridized carbons (Fsp3) is 0.375. The molecule has 0 atom stereocenters. The summed E-state index contributed by atoms with van der Waals surface area (Å²) >= 11 is 0. The quantitative estimate of drug-likeness (QED) is 0.846. The molecular weight excluding hydrogens is 248 g/mol. The van der Waals surface area contributed by atoms with E-state index in [-0.39, 0.29) is 0 Å². The molecule has 0 amide bonds. The average molecular weight is 270 g/mol. The van der Waals surface area contributed by atoms with Crippen molar-refractivity contribution in [2.75, 3.05) is 17.7 Å². The third kappa shape index (κ3) is 3.70. The number of hydrogen-bond acceptors (Lipinski definition) is 4. The maximum Gasteiger partial charge on any atom is 0.132 e. The van der Waals surface area contributed by atoms with Gasteiger partial charge < -0.3 is 10.6 Å². The van der Waals surface area contributed by atoms with Gasteiger partial charge in [-0.05, 0) is 17.5 Å². The fourth-order valence-corrected chi connectivity index (χ4v) is 1.96. The molecule has 1 aromatic carbocycles. The molecule has 1 aromatic heterocycles. The molecule has 0 aliphatic carbocycles. The van der Waals surface area contributed by atoms with Crippen molar-refractivity contribution in [3.63, 3.8) is 0 Å². The van der Waals surface area contributed by atoms with Crippen molar-refractivity contribution in [2.45, 2.75) is 33.2 Å². The first-order chi connectivity index (χ1) is 9.75. The van der Waals surface area contributed by atoms with Gasteiger partial charge in [-0.1, -0.05) is 38.1 Å². The molecule has 0 spiro atoms. The minimum atomic E-state index is 0.771. The summed E-state index contributed by atoms with van der Waals surface area (Å²) < 4.78 is 0. The normalized spacial score (nSPS) is 10.3. The summed E-state index contributed by atoms with van der Waals surface area (Å²) in [5, 5.41) is 6.42. The van der Waals surface area contributed by atoms with Crippen molar-refractivity contribution < 1.29 is 0 Å². The van der Waals surface area contributed by atoms with Gasteiger partial charge in [0, 0.05) is 26.1 Å². The molecule has 0 radical (unpaired) electrons. The van der Waals surface area contributed by atoms with E-state index >= 15 is 0 Å². The predicted molar refractivity (Wildman–Crippen MR) is 84.1 cm³/mol. The van der Waals surface area contributed by atoms with Crippen molar-refractivity contribution in [1.29, 1.82) is 0 Å². The van der Waals surface area contributed by atoms with Crippen LogP contribution in [0.1, 0.15) is 30.8 Å². The van der Waals surface area contributed by atoms with Gasteiger partial charge in [0.05, 0.1) is 0 Å². The zero-order valence-corrected chi connectivity index (χ0v) is 12.4. The second-order valence-electron chi connectivity index (χ2n) is 4.68. The molecule has 0 saturated carbocycles. The van der Waals surface area contributed by atoms with Crippen molar-refractivity contribution >= 4 is 11.6 Å². The molecule has 0 saturated heterocycles. The van der Waals surface area contributed by atoms with Crippen LogP contribution in [0.25, 0.3) is 0 Å². The third-order valence-corrected chi connectivity index (χ3v) is 3.25. The van der Waals surface area contributed by atoms with Gasteiger partial charge in [-0.3, -0.25) is 0 Å². The van der Waals surface area contributed by atoms with Crippen molar-refractivity contribution in [3.8, 4) is 0 Å². The lowest BCUT2D eigenvalue weighted by Crippen LogP contribution is -2.06. The van der Waals surface area contributed by atoms with Crippen LogP contribution in [-0.2, 0) is 19.4 Å². The van der Waals surface area contributed by atoms with E-state index in [0.717, 1.165) is 36.8 Å². The Morgan fingerprint density at radius 2 is 1.55 bits per heavy atom. The van der Waals surface area contributed by atoms with E-state index in [1.165, 1.54) is 11.1 Å². The summed E-state index contributed by atoms with van der Waals surface area (Å²) in [6.07, 6.45) is 1.90. The van der Waals surface area contributed by atoms with Gasteiger partial charge in [-0.15, -0.1) is 0 Å². The largest absolute Gasteiger partial charge is 0.373 e. The molecule has 0 aliphatic rings. The lowest BCUT2D eigenvalue weighted by atomic mass is 10.1.